The largest absolute Gasteiger partial charge is 0.356 e. The molecule has 23 heavy (non-hydrogen) atoms. The number of nitrogens with one attached hydrogen (secondary N) is 2. The van der Waals surface area contributed by atoms with Gasteiger partial charge in [0.05, 0.1) is 0 Å². The van der Waals surface area contributed by atoms with E-state index in [4.69, 9.17) is 0 Å². The molecule has 0 amide bonds. The Labute approximate surface area is 158 Å². The molecule has 0 spiro atoms. The Bertz CT molecular complexity index is 478. The molecule has 1 heterocycles. The van der Waals surface area contributed by atoms with Crippen molar-refractivity contribution in [1.29, 1.82) is 0 Å². The van der Waals surface area contributed by atoms with Gasteiger partial charge in [0.25, 0.3) is 0 Å². The number of hydrogen-bond acceptors (Lipinski definition) is 2. The molecule has 1 saturated carbocycles. The minimum absolute atomic E-state index is 0. The summed E-state index contributed by atoms with van der Waals surface area (Å²) >= 11 is 0. The van der Waals surface area contributed by atoms with Crippen molar-refractivity contribution in [2.45, 2.75) is 52.4 Å². The van der Waals surface area contributed by atoms with Crippen LogP contribution in [0.1, 0.15) is 50.3 Å². The number of aromatic nitrogens is 1. The Morgan fingerprint density at radius 2 is 2.00 bits per heavy atom. The van der Waals surface area contributed by atoms with Crippen molar-refractivity contribution < 1.29 is 0 Å². The number of halogens is 1. The van der Waals surface area contributed by atoms with E-state index in [2.05, 4.69) is 39.7 Å². The van der Waals surface area contributed by atoms with Gasteiger partial charge in [-0.3, -0.25) is 9.98 Å². The summed E-state index contributed by atoms with van der Waals surface area (Å²) in [5.74, 6) is 0.916. The third-order valence-electron chi connectivity index (χ3n) is 4.95. The Hall–Kier alpha value is -0.850. The average molecular weight is 430 g/mol. The highest BCUT2D eigenvalue weighted by molar-refractivity contribution is 14.0. The summed E-state index contributed by atoms with van der Waals surface area (Å²) in [5, 5.41) is 6.93. The van der Waals surface area contributed by atoms with Crippen LogP contribution >= 0.6 is 24.0 Å². The first-order valence-electron chi connectivity index (χ1n) is 8.53. The van der Waals surface area contributed by atoms with Crippen molar-refractivity contribution in [2.75, 3.05) is 20.1 Å². The van der Waals surface area contributed by atoms with Gasteiger partial charge in [-0.15, -0.1) is 24.0 Å². The third kappa shape index (κ3) is 6.28. The minimum Gasteiger partial charge on any atom is -0.356 e. The summed E-state index contributed by atoms with van der Waals surface area (Å²) in [5.41, 5.74) is 2.81. The van der Waals surface area contributed by atoms with Crippen molar-refractivity contribution in [3.63, 3.8) is 0 Å². The Kier molecular flexibility index (Phi) is 8.87. The first kappa shape index (κ1) is 20.2. The van der Waals surface area contributed by atoms with Crippen molar-refractivity contribution in [3.8, 4) is 0 Å². The molecule has 1 aromatic heterocycles. The predicted octanol–water partition coefficient (Wildman–Crippen LogP) is 3.69. The molecule has 0 bridgehead atoms. The first-order chi connectivity index (χ1) is 10.7. The highest BCUT2D eigenvalue weighted by atomic mass is 127. The molecule has 5 heteroatoms. The van der Waals surface area contributed by atoms with Crippen LogP contribution in [0, 0.1) is 12.3 Å². The van der Waals surface area contributed by atoms with Gasteiger partial charge in [-0.25, -0.2) is 0 Å². The van der Waals surface area contributed by atoms with Gasteiger partial charge in [0, 0.05) is 32.0 Å². The fourth-order valence-corrected chi connectivity index (χ4v) is 3.24. The molecule has 4 nitrogen and oxygen atoms in total. The van der Waals surface area contributed by atoms with Gasteiger partial charge < -0.3 is 10.6 Å². The minimum atomic E-state index is 0. The van der Waals surface area contributed by atoms with E-state index >= 15 is 0 Å². The Morgan fingerprint density at radius 1 is 1.26 bits per heavy atom. The van der Waals surface area contributed by atoms with Crippen LogP contribution in [-0.4, -0.2) is 31.1 Å². The molecule has 1 aliphatic carbocycles. The second-order valence-corrected chi connectivity index (χ2v) is 6.47. The number of nitrogens with zero attached hydrogens (tertiary/aromatic N) is 2. The zero-order chi connectivity index (χ0) is 15.8. The van der Waals surface area contributed by atoms with Gasteiger partial charge in [0.15, 0.2) is 5.96 Å². The molecule has 0 unspecified atom stereocenters. The lowest BCUT2D eigenvalue weighted by Gasteiger charge is -2.28. The highest BCUT2D eigenvalue weighted by Crippen LogP contribution is 2.40. The molecule has 2 rings (SSSR count). The van der Waals surface area contributed by atoms with Crippen LogP contribution in [0.4, 0.5) is 0 Å². The van der Waals surface area contributed by atoms with Gasteiger partial charge in [-0.05, 0) is 49.7 Å². The SMILES string of the molecule is CCC1(CNC(=NC)NCCc2ccc(C)nc2)CCCC1.I. The number of aliphatic imine (C=N–C) groups is 1. The molecule has 1 aromatic rings. The standard InChI is InChI=1S/C18H30N4.HI/c1-4-18(10-5-6-11-18)14-22-17(19-3)20-12-9-16-8-7-15(2)21-13-16;/h7-8,13H,4-6,9-12,14H2,1-3H3,(H2,19,20,22);1H. The number of aryl methyl sites for hydroxylation is 1. The van der Waals surface area contributed by atoms with Gasteiger partial charge in [-0.1, -0.05) is 25.8 Å². The van der Waals surface area contributed by atoms with Crippen molar-refractivity contribution in [3.05, 3.63) is 29.6 Å². The first-order valence-corrected chi connectivity index (χ1v) is 8.53. The van der Waals surface area contributed by atoms with Crippen LogP contribution in [0.25, 0.3) is 0 Å². The van der Waals surface area contributed by atoms with Gasteiger partial charge in [0.1, 0.15) is 0 Å². The molecular formula is C18H31IN4. The van der Waals surface area contributed by atoms with Crippen molar-refractivity contribution in [1.82, 2.24) is 15.6 Å². The van der Waals surface area contributed by atoms with E-state index in [0.29, 0.717) is 5.41 Å². The molecule has 0 saturated heterocycles. The van der Waals surface area contributed by atoms with Crippen molar-refractivity contribution in [2.24, 2.45) is 10.4 Å². The van der Waals surface area contributed by atoms with E-state index in [-0.39, 0.29) is 24.0 Å². The molecule has 0 atom stereocenters. The zero-order valence-electron chi connectivity index (χ0n) is 14.7. The van der Waals surface area contributed by atoms with E-state index < -0.39 is 0 Å². The summed E-state index contributed by atoms with van der Waals surface area (Å²) in [6.07, 6.45) is 9.63. The fourth-order valence-electron chi connectivity index (χ4n) is 3.24. The number of rotatable bonds is 6. The maximum absolute atomic E-state index is 4.34. The molecular weight excluding hydrogens is 399 g/mol. The summed E-state index contributed by atoms with van der Waals surface area (Å²) in [6, 6.07) is 4.21. The number of hydrogen-bond donors (Lipinski definition) is 2. The lowest BCUT2D eigenvalue weighted by molar-refractivity contribution is 0.283. The van der Waals surface area contributed by atoms with Gasteiger partial charge in [0.2, 0.25) is 0 Å². The number of pyridine rings is 1. The Balaban J connectivity index is 0.00000264. The normalized spacial score (nSPS) is 16.7. The average Bonchev–Trinajstić information content (AvgIpc) is 3.02. The number of guanidine groups is 1. The third-order valence-corrected chi connectivity index (χ3v) is 4.95. The summed E-state index contributed by atoms with van der Waals surface area (Å²) in [4.78, 5) is 8.67. The quantitative estimate of drug-likeness (QED) is 0.411. The van der Waals surface area contributed by atoms with Crippen molar-refractivity contribution >= 4 is 29.9 Å². The van der Waals surface area contributed by atoms with E-state index in [1.165, 1.54) is 37.7 Å². The molecule has 1 aliphatic rings. The molecule has 0 aliphatic heterocycles. The molecule has 0 aromatic carbocycles. The second-order valence-electron chi connectivity index (χ2n) is 6.47. The highest BCUT2D eigenvalue weighted by Gasteiger charge is 2.31. The van der Waals surface area contributed by atoms with Crippen LogP contribution in [0.3, 0.4) is 0 Å². The summed E-state index contributed by atoms with van der Waals surface area (Å²) in [7, 11) is 1.84. The van der Waals surface area contributed by atoms with Gasteiger partial charge in [-0.2, -0.15) is 0 Å². The lowest BCUT2D eigenvalue weighted by atomic mass is 9.83. The van der Waals surface area contributed by atoms with Crippen LogP contribution in [0.15, 0.2) is 23.3 Å². The Morgan fingerprint density at radius 3 is 2.57 bits per heavy atom. The van der Waals surface area contributed by atoms with E-state index in [1.807, 2.05) is 20.2 Å². The van der Waals surface area contributed by atoms with E-state index in [9.17, 15) is 0 Å². The molecule has 130 valence electrons. The van der Waals surface area contributed by atoms with Crippen LogP contribution in [0.5, 0.6) is 0 Å². The zero-order valence-corrected chi connectivity index (χ0v) is 17.0. The monoisotopic (exact) mass is 430 g/mol. The van der Waals surface area contributed by atoms with Crippen LogP contribution in [-0.2, 0) is 6.42 Å². The lowest BCUT2D eigenvalue weighted by Crippen LogP contribution is -2.43. The smallest absolute Gasteiger partial charge is 0.191 e. The maximum atomic E-state index is 4.34. The molecule has 1 fully saturated rings. The molecule has 2 N–H and O–H groups in total. The van der Waals surface area contributed by atoms with Crippen LogP contribution in [0.2, 0.25) is 0 Å². The summed E-state index contributed by atoms with van der Waals surface area (Å²) in [6.45, 7) is 6.24. The van der Waals surface area contributed by atoms with E-state index in [1.54, 1.807) is 0 Å². The van der Waals surface area contributed by atoms with Crippen LogP contribution < -0.4 is 10.6 Å². The summed E-state index contributed by atoms with van der Waals surface area (Å²) < 4.78 is 0. The predicted molar refractivity (Wildman–Crippen MR) is 109 cm³/mol. The fraction of sp³-hybridized carbons (Fsp3) is 0.667. The second kappa shape index (κ2) is 10.1. The topological polar surface area (TPSA) is 49.3 Å². The maximum Gasteiger partial charge on any atom is 0.191 e. The van der Waals surface area contributed by atoms with Gasteiger partial charge >= 0.3 is 0 Å². The molecule has 0 radical (unpaired) electrons. The van der Waals surface area contributed by atoms with E-state index in [0.717, 1.165) is 31.2 Å².